The van der Waals surface area contributed by atoms with E-state index in [9.17, 15) is 4.79 Å². The third kappa shape index (κ3) is 2.09. The van der Waals surface area contributed by atoms with E-state index >= 15 is 0 Å². The standard InChI is InChI=1S/C8H11BrN2O2/c1-3-5-6(9)7(11-10-5)8(12)13-4-2/h3-4H2,1-2H3,(H,10,11). The Morgan fingerprint density at radius 3 is 2.77 bits per heavy atom. The van der Waals surface area contributed by atoms with E-state index in [2.05, 4.69) is 26.1 Å². The Balaban J connectivity index is 2.89. The van der Waals surface area contributed by atoms with Crippen molar-refractivity contribution in [3.63, 3.8) is 0 Å². The zero-order valence-corrected chi connectivity index (χ0v) is 9.14. The summed E-state index contributed by atoms with van der Waals surface area (Å²) < 4.78 is 5.52. The summed E-state index contributed by atoms with van der Waals surface area (Å²) in [4.78, 5) is 11.3. The first-order valence-corrected chi connectivity index (χ1v) is 4.89. The molecule has 1 rings (SSSR count). The highest BCUT2D eigenvalue weighted by atomic mass is 79.9. The molecule has 0 saturated carbocycles. The number of nitrogens with one attached hydrogen (secondary N) is 1. The molecule has 72 valence electrons. The zero-order chi connectivity index (χ0) is 9.84. The maximum atomic E-state index is 11.3. The molecule has 1 aromatic rings. The zero-order valence-electron chi connectivity index (χ0n) is 7.56. The SMILES string of the molecule is CCOC(=O)c1n[nH]c(CC)c1Br. The van der Waals surface area contributed by atoms with Crippen molar-refractivity contribution in [3.05, 3.63) is 15.9 Å². The van der Waals surface area contributed by atoms with Crippen molar-refractivity contribution in [2.24, 2.45) is 0 Å². The molecule has 0 bridgehead atoms. The lowest BCUT2D eigenvalue weighted by Gasteiger charge is -1.97. The van der Waals surface area contributed by atoms with Gasteiger partial charge in [-0.2, -0.15) is 5.10 Å². The number of carbonyl (C=O) groups is 1. The Labute approximate surface area is 84.8 Å². The second kappa shape index (κ2) is 4.41. The van der Waals surface area contributed by atoms with Crippen LogP contribution in [0.15, 0.2) is 4.47 Å². The Kier molecular flexibility index (Phi) is 3.48. The van der Waals surface area contributed by atoms with Crippen LogP contribution in [0.1, 0.15) is 30.0 Å². The number of carbonyl (C=O) groups excluding carboxylic acids is 1. The first-order chi connectivity index (χ1) is 6.20. The Morgan fingerprint density at radius 1 is 1.62 bits per heavy atom. The lowest BCUT2D eigenvalue weighted by atomic mass is 10.3. The minimum atomic E-state index is -0.398. The van der Waals surface area contributed by atoms with E-state index in [1.165, 1.54) is 0 Å². The van der Waals surface area contributed by atoms with Crippen molar-refractivity contribution in [1.82, 2.24) is 10.2 Å². The minimum absolute atomic E-state index is 0.318. The van der Waals surface area contributed by atoms with Crippen molar-refractivity contribution < 1.29 is 9.53 Å². The predicted octanol–water partition coefficient (Wildman–Crippen LogP) is 1.91. The van der Waals surface area contributed by atoms with Gasteiger partial charge in [0, 0.05) is 0 Å². The third-order valence-corrected chi connectivity index (χ3v) is 2.45. The van der Waals surface area contributed by atoms with E-state index in [0.29, 0.717) is 16.8 Å². The Bertz CT molecular complexity index is 309. The first-order valence-electron chi connectivity index (χ1n) is 4.10. The second-order valence-electron chi connectivity index (χ2n) is 2.44. The molecule has 0 aliphatic rings. The van der Waals surface area contributed by atoms with Crippen LogP contribution >= 0.6 is 15.9 Å². The maximum Gasteiger partial charge on any atom is 0.360 e. The van der Waals surface area contributed by atoms with Crippen LogP contribution in [-0.4, -0.2) is 22.8 Å². The number of halogens is 1. The van der Waals surface area contributed by atoms with Gasteiger partial charge in [-0.1, -0.05) is 6.92 Å². The fraction of sp³-hybridized carbons (Fsp3) is 0.500. The summed E-state index contributed by atoms with van der Waals surface area (Å²) in [6, 6.07) is 0. The number of hydrogen-bond acceptors (Lipinski definition) is 3. The summed E-state index contributed by atoms with van der Waals surface area (Å²) in [7, 11) is 0. The van der Waals surface area contributed by atoms with Gasteiger partial charge in [0.05, 0.1) is 16.8 Å². The fourth-order valence-corrected chi connectivity index (χ4v) is 1.55. The van der Waals surface area contributed by atoms with Crippen molar-refractivity contribution in [2.75, 3.05) is 6.61 Å². The molecule has 0 unspecified atom stereocenters. The van der Waals surface area contributed by atoms with Gasteiger partial charge in [0.25, 0.3) is 0 Å². The predicted molar refractivity (Wildman–Crippen MR) is 51.6 cm³/mol. The van der Waals surface area contributed by atoms with Gasteiger partial charge in [0.15, 0.2) is 5.69 Å². The molecule has 0 fully saturated rings. The molecular formula is C8H11BrN2O2. The molecule has 0 saturated heterocycles. The molecule has 13 heavy (non-hydrogen) atoms. The summed E-state index contributed by atoms with van der Waals surface area (Å²) in [6.45, 7) is 4.10. The van der Waals surface area contributed by atoms with Crippen molar-refractivity contribution >= 4 is 21.9 Å². The molecule has 0 aromatic carbocycles. The number of nitrogens with zero attached hydrogens (tertiary/aromatic N) is 1. The van der Waals surface area contributed by atoms with Crippen LogP contribution in [0.3, 0.4) is 0 Å². The Morgan fingerprint density at radius 2 is 2.31 bits per heavy atom. The number of H-pyrrole nitrogens is 1. The van der Waals surface area contributed by atoms with E-state index in [-0.39, 0.29) is 0 Å². The summed E-state index contributed by atoms with van der Waals surface area (Å²) >= 11 is 3.29. The molecule has 0 aliphatic carbocycles. The summed E-state index contributed by atoms with van der Waals surface area (Å²) in [5.74, 6) is -0.398. The number of aromatic nitrogens is 2. The molecule has 0 aliphatic heterocycles. The van der Waals surface area contributed by atoms with Gasteiger partial charge in [-0.3, -0.25) is 5.10 Å². The third-order valence-electron chi connectivity index (χ3n) is 1.60. The van der Waals surface area contributed by atoms with Crippen molar-refractivity contribution in [3.8, 4) is 0 Å². The number of rotatable bonds is 3. The van der Waals surface area contributed by atoms with Crippen LogP contribution < -0.4 is 0 Å². The molecule has 0 spiro atoms. The van der Waals surface area contributed by atoms with Gasteiger partial charge >= 0.3 is 5.97 Å². The average Bonchev–Trinajstić information content (AvgIpc) is 2.47. The number of hydrogen-bond donors (Lipinski definition) is 1. The van der Waals surface area contributed by atoms with Crippen molar-refractivity contribution in [1.29, 1.82) is 0 Å². The van der Waals surface area contributed by atoms with Crippen LogP contribution in [0.25, 0.3) is 0 Å². The molecule has 0 atom stereocenters. The van der Waals surface area contributed by atoms with E-state index in [4.69, 9.17) is 4.74 Å². The smallest absolute Gasteiger partial charge is 0.360 e. The van der Waals surface area contributed by atoms with E-state index in [0.717, 1.165) is 12.1 Å². The van der Waals surface area contributed by atoms with Gasteiger partial charge in [0.2, 0.25) is 0 Å². The van der Waals surface area contributed by atoms with Crippen LogP contribution in [-0.2, 0) is 11.2 Å². The van der Waals surface area contributed by atoms with Crippen LogP contribution in [0.4, 0.5) is 0 Å². The number of esters is 1. The monoisotopic (exact) mass is 246 g/mol. The first kappa shape index (κ1) is 10.2. The quantitative estimate of drug-likeness (QED) is 0.830. The molecule has 1 aromatic heterocycles. The van der Waals surface area contributed by atoms with Gasteiger partial charge in [0.1, 0.15) is 0 Å². The summed E-state index contributed by atoms with van der Waals surface area (Å²) in [5.41, 5.74) is 1.22. The van der Waals surface area contributed by atoms with E-state index in [1.54, 1.807) is 6.92 Å². The summed E-state index contributed by atoms with van der Waals surface area (Å²) in [5, 5.41) is 6.62. The summed E-state index contributed by atoms with van der Waals surface area (Å²) in [6.07, 6.45) is 0.799. The highest BCUT2D eigenvalue weighted by Gasteiger charge is 2.17. The largest absolute Gasteiger partial charge is 0.461 e. The molecule has 4 nitrogen and oxygen atoms in total. The fourth-order valence-electron chi connectivity index (χ4n) is 0.933. The van der Waals surface area contributed by atoms with Gasteiger partial charge in [-0.15, -0.1) is 0 Å². The van der Waals surface area contributed by atoms with E-state index in [1.807, 2.05) is 6.92 Å². The Hall–Kier alpha value is -0.840. The van der Waals surface area contributed by atoms with Crippen LogP contribution in [0.2, 0.25) is 0 Å². The molecule has 0 radical (unpaired) electrons. The maximum absolute atomic E-state index is 11.3. The number of aryl methyl sites for hydroxylation is 1. The van der Waals surface area contributed by atoms with E-state index < -0.39 is 5.97 Å². The lowest BCUT2D eigenvalue weighted by molar-refractivity contribution is 0.0518. The van der Waals surface area contributed by atoms with Crippen molar-refractivity contribution in [2.45, 2.75) is 20.3 Å². The molecule has 5 heteroatoms. The highest BCUT2D eigenvalue weighted by molar-refractivity contribution is 9.10. The number of aromatic amines is 1. The van der Waals surface area contributed by atoms with Crippen LogP contribution in [0.5, 0.6) is 0 Å². The number of ether oxygens (including phenoxy) is 1. The second-order valence-corrected chi connectivity index (χ2v) is 3.23. The topological polar surface area (TPSA) is 55.0 Å². The van der Waals surface area contributed by atoms with Gasteiger partial charge < -0.3 is 4.74 Å². The molecule has 0 amide bonds. The minimum Gasteiger partial charge on any atom is -0.461 e. The molecule has 1 N–H and O–H groups in total. The average molecular weight is 247 g/mol. The highest BCUT2D eigenvalue weighted by Crippen LogP contribution is 2.19. The van der Waals surface area contributed by atoms with Gasteiger partial charge in [-0.25, -0.2) is 4.79 Å². The molecule has 1 heterocycles. The lowest BCUT2D eigenvalue weighted by Crippen LogP contribution is -2.05. The molecular weight excluding hydrogens is 236 g/mol. The van der Waals surface area contributed by atoms with Gasteiger partial charge in [-0.05, 0) is 29.3 Å². The van der Waals surface area contributed by atoms with Crippen LogP contribution in [0, 0.1) is 0 Å². The normalized spacial score (nSPS) is 10.1.